The number of hydrogen-bond acceptors (Lipinski definition) is 3. The quantitative estimate of drug-likeness (QED) is 0.437. The predicted molar refractivity (Wildman–Crippen MR) is 114 cm³/mol. The van der Waals surface area contributed by atoms with Gasteiger partial charge in [0.15, 0.2) is 0 Å². The van der Waals surface area contributed by atoms with Crippen LogP contribution in [0.1, 0.15) is 42.7 Å². The normalized spacial score (nSPS) is 14.2. The van der Waals surface area contributed by atoms with Crippen LogP contribution in [0.4, 0.5) is 0 Å². The van der Waals surface area contributed by atoms with E-state index in [0.29, 0.717) is 11.5 Å². The summed E-state index contributed by atoms with van der Waals surface area (Å²) in [4.78, 5) is 0. The molecule has 0 radical (unpaired) electrons. The van der Waals surface area contributed by atoms with Gasteiger partial charge in [0.2, 0.25) is 0 Å². The molecular formula is C25H21N3O. The molecule has 1 fully saturated rings. The Morgan fingerprint density at radius 1 is 0.966 bits per heavy atom. The third-order valence-corrected chi connectivity index (χ3v) is 5.82. The van der Waals surface area contributed by atoms with Gasteiger partial charge in [-0.05, 0) is 60.2 Å². The van der Waals surface area contributed by atoms with Crippen LogP contribution in [0.3, 0.4) is 0 Å². The zero-order valence-corrected chi connectivity index (χ0v) is 16.1. The fourth-order valence-corrected chi connectivity index (χ4v) is 4.38. The molecule has 0 spiro atoms. The highest BCUT2D eigenvalue weighted by molar-refractivity contribution is 5.94. The minimum atomic E-state index is 0.544. The van der Waals surface area contributed by atoms with Gasteiger partial charge in [0.05, 0.1) is 17.3 Å². The van der Waals surface area contributed by atoms with Crippen molar-refractivity contribution in [2.75, 3.05) is 0 Å². The van der Waals surface area contributed by atoms with Gasteiger partial charge >= 0.3 is 0 Å². The molecule has 0 aliphatic heterocycles. The molecule has 1 saturated carbocycles. The standard InChI is InChI=1S/C25H21N3O/c26-15-23-21(14-22(17-6-4-5-7-17)24-16-27-28-25(23)24)18-10-12-20(13-11-18)29-19-8-2-1-3-9-19/h1-3,8-14,16-17H,4-7H2,(H,27,28). The molecular weight excluding hydrogens is 358 g/mol. The Bertz CT molecular complexity index is 1180. The lowest BCUT2D eigenvalue weighted by Crippen LogP contribution is -1.97. The fraction of sp³-hybridized carbons (Fsp3) is 0.200. The van der Waals surface area contributed by atoms with Crippen LogP contribution >= 0.6 is 0 Å². The zero-order chi connectivity index (χ0) is 19.6. The van der Waals surface area contributed by atoms with E-state index in [2.05, 4.69) is 22.3 Å². The van der Waals surface area contributed by atoms with Gasteiger partial charge in [-0.3, -0.25) is 5.10 Å². The second kappa shape index (κ2) is 7.44. The van der Waals surface area contributed by atoms with E-state index < -0.39 is 0 Å². The molecule has 1 aliphatic rings. The number of nitriles is 1. The van der Waals surface area contributed by atoms with Crippen molar-refractivity contribution < 1.29 is 4.74 Å². The van der Waals surface area contributed by atoms with Crippen molar-refractivity contribution in [2.45, 2.75) is 31.6 Å². The number of nitrogens with one attached hydrogen (secondary N) is 1. The zero-order valence-electron chi connectivity index (χ0n) is 16.1. The smallest absolute Gasteiger partial charge is 0.127 e. The molecule has 4 heteroatoms. The second-order valence-corrected chi connectivity index (χ2v) is 7.58. The molecule has 0 amide bonds. The SMILES string of the molecule is N#Cc1c(-c2ccc(Oc3ccccc3)cc2)cc(C2CCCC2)c2cn[nH]c12. The van der Waals surface area contributed by atoms with Crippen LogP contribution in [0.5, 0.6) is 11.5 Å². The van der Waals surface area contributed by atoms with Crippen LogP contribution in [0.15, 0.2) is 66.9 Å². The number of aromatic nitrogens is 2. The third kappa shape index (κ3) is 3.25. The first-order chi connectivity index (χ1) is 14.3. The van der Waals surface area contributed by atoms with Crippen molar-refractivity contribution in [1.82, 2.24) is 10.2 Å². The number of nitrogens with zero attached hydrogens (tertiary/aromatic N) is 2. The second-order valence-electron chi connectivity index (χ2n) is 7.58. The van der Waals surface area contributed by atoms with Crippen LogP contribution < -0.4 is 4.74 Å². The van der Waals surface area contributed by atoms with Crippen molar-refractivity contribution in [2.24, 2.45) is 0 Å². The summed E-state index contributed by atoms with van der Waals surface area (Å²) in [5.74, 6) is 2.12. The molecule has 1 heterocycles. The molecule has 1 aromatic heterocycles. The summed E-state index contributed by atoms with van der Waals surface area (Å²) < 4.78 is 5.91. The van der Waals surface area contributed by atoms with E-state index in [1.54, 1.807) is 0 Å². The predicted octanol–water partition coefficient (Wildman–Crippen LogP) is 6.55. The topological polar surface area (TPSA) is 61.7 Å². The fourth-order valence-electron chi connectivity index (χ4n) is 4.38. The van der Waals surface area contributed by atoms with Gasteiger partial charge in [-0.1, -0.05) is 43.2 Å². The number of H-pyrrole nitrogens is 1. The first kappa shape index (κ1) is 17.5. The monoisotopic (exact) mass is 379 g/mol. The number of aromatic amines is 1. The summed E-state index contributed by atoms with van der Waals surface area (Å²) in [7, 11) is 0. The van der Waals surface area contributed by atoms with Gasteiger partial charge in [-0.2, -0.15) is 10.4 Å². The molecule has 0 atom stereocenters. The molecule has 5 rings (SSSR count). The van der Waals surface area contributed by atoms with Crippen molar-refractivity contribution in [3.63, 3.8) is 0 Å². The van der Waals surface area contributed by atoms with Gasteiger partial charge in [-0.25, -0.2) is 0 Å². The Morgan fingerprint density at radius 2 is 1.69 bits per heavy atom. The highest BCUT2D eigenvalue weighted by Gasteiger charge is 2.23. The Hall–Kier alpha value is -3.58. The first-order valence-corrected chi connectivity index (χ1v) is 10.1. The minimum Gasteiger partial charge on any atom is -0.457 e. The molecule has 4 aromatic rings. The van der Waals surface area contributed by atoms with E-state index in [-0.39, 0.29) is 0 Å². The molecule has 0 saturated heterocycles. The highest BCUT2D eigenvalue weighted by Crippen LogP contribution is 2.41. The number of para-hydroxylation sites is 1. The van der Waals surface area contributed by atoms with Crippen molar-refractivity contribution >= 4 is 10.9 Å². The molecule has 1 aliphatic carbocycles. The summed E-state index contributed by atoms with van der Waals surface area (Å²) >= 11 is 0. The maximum absolute atomic E-state index is 9.88. The third-order valence-electron chi connectivity index (χ3n) is 5.82. The summed E-state index contributed by atoms with van der Waals surface area (Å²) in [5.41, 5.74) is 4.77. The average molecular weight is 379 g/mol. The maximum atomic E-state index is 9.88. The van der Waals surface area contributed by atoms with E-state index in [9.17, 15) is 5.26 Å². The molecule has 1 N–H and O–H groups in total. The van der Waals surface area contributed by atoms with Crippen LogP contribution in [0, 0.1) is 11.3 Å². The molecule has 4 nitrogen and oxygen atoms in total. The average Bonchev–Trinajstić information content (AvgIpc) is 3.46. The number of rotatable bonds is 4. The largest absolute Gasteiger partial charge is 0.457 e. The summed E-state index contributed by atoms with van der Waals surface area (Å²) in [6.07, 6.45) is 6.81. The Balaban J connectivity index is 1.56. The summed E-state index contributed by atoms with van der Waals surface area (Å²) in [5, 5.41) is 18.3. The van der Waals surface area contributed by atoms with Crippen molar-refractivity contribution in [3.05, 3.63) is 78.0 Å². The lowest BCUT2D eigenvalue weighted by atomic mass is 9.88. The van der Waals surface area contributed by atoms with Crippen molar-refractivity contribution in [3.8, 4) is 28.7 Å². The Labute approximate surface area is 169 Å². The lowest BCUT2D eigenvalue weighted by Gasteiger charge is -2.15. The number of ether oxygens (including phenoxy) is 1. The van der Waals surface area contributed by atoms with Gasteiger partial charge in [-0.15, -0.1) is 0 Å². The summed E-state index contributed by atoms with van der Waals surface area (Å²) in [6.45, 7) is 0. The molecule has 142 valence electrons. The number of hydrogen-bond donors (Lipinski definition) is 1. The Morgan fingerprint density at radius 3 is 2.41 bits per heavy atom. The maximum Gasteiger partial charge on any atom is 0.127 e. The molecule has 0 bridgehead atoms. The van der Waals surface area contributed by atoms with Crippen LogP contribution in [-0.2, 0) is 0 Å². The van der Waals surface area contributed by atoms with Crippen molar-refractivity contribution in [1.29, 1.82) is 5.26 Å². The molecule has 3 aromatic carbocycles. The van der Waals surface area contributed by atoms with Gasteiger partial charge < -0.3 is 4.74 Å². The van der Waals surface area contributed by atoms with Crippen LogP contribution in [0.25, 0.3) is 22.0 Å². The van der Waals surface area contributed by atoms with Gasteiger partial charge in [0, 0.05) is 10.9 Å². The van der Waals surface area contributed by atoms with E-state index in [0.717, 1.165) is 33.5 Å². The molecule has 29 heavy (non-hydrogen) atoms. The van der Waals surface area contributed by atoms with E-state index in [1.807, 2.05) is 60.8 Å². The minimum absolute atomic E-state index is 0.544. The van der Waals surface area contributed by atoms with E-state index in [1.165, 1.54) is 31.2 Å². The molecule has 0 unspecified atom stereocenters. The Kier molecular flexibility index (Phi) is 4.50. The van der Waals surface area contributed by atoms with Crippen LogP contribution in [0.2, 0.25) is 0 Å². The number of fused-ring (bicyclic) bond motifs is 1. The lowest BCUT2D eigenvalue weighted by molar-refractivity contribution is 0.483. The van der Waals surface area contributed by atoms with Gasteiger partial charge in [0.1, 0.15) is 17.6 Å². The first-order valence-electron chi connectivity index (χ1n) is 10.1. The number of benzene rings is 3. The van der Waals surface area contributed by atoms with E-state index >= 15 is 0 Å². The highest BCUT2D eigenvalue weighted by atomic mass is 16.5. The van der Waals surface area contributed by atoms with Gasteiger partial charge in [0.25, 0.3) is 0 Å². The van der Waals surface area contributed by atoms with Crippen LogP contribution in [-0.4, -0.2) is 10.2 Å². The summed E-state index contributed by atoms with van der Waals surface area (Å²) in [6, 6.07) is 22.3. The van der Waals surface area contributed by atoms with E-state index in [4.69, 9.17) is 4.74 Å².